The number of anilines is 1. The molecule has 2 aromatic carbocycles. The van der Waals surface area contributed by atoms with Crippen molar-refractivity contribution in [2.75, 3.05) is 18.9 Å². The molecule has 0 heterocycles. The largest absolute Gasteiger partial charge is 0.350 e. The second-order valence-electron chi connectivity index (χ2n) is 5.73. The topological polar surface area (TPSA) is 70.2 Å². The van der Waals surface area contributed by atoms with Gasteiger partial charge in [-0.3, -0.25) is 9.59 Å². The van der Waals surface area contributed by atoms with Gasteiger partial charge in [-0.1, -0.05) is 12.1 Å². The Bertz CT molecular complexity index is 714. The summed E-state index contributed by atoms with van der Waals surface area (Å²) in [6, 6.07) is 12.5. The van der Waals surface area contributed by atoms with Gasteiger partial charge in [0.05, 0.1) is 6.04 Å². The third kappa shape index (κ3) is 5.69. The predicted octanol–water partition coefficient (Wildman–Crippen LogP) is 2.86. The molecule has 0 aromatic heterocycles. The van der Waals surface area contributed by atoms with Gasteiger partial charge >= 0.3 is 0 Å². The zero-order chi connectivity index (χ0) is 18.2. The first-order valence-corrected chi connectivity index (χ1v) is 8.10. The molecule has 25 heavy (non-hydrogen) atoms. The van der Waals surface area contributed by atoms with E-state index in [4.69, 9.17) is 0 Å². The van der Waals surface area contributed by atoms with Crippen molar-refractivity contribution < 1.29 is 14.0 Å². The van der Waals surface area contributed by atoms with Gasteiger partial charge in [0, 0.05) is 24.2 Å². The summed E-state index contributed by atoms with van der Waals surface area (Å²) in [5, 5.41) is 8.61. The van der Waals surface area contributed by atoms with Crippen LogP contribution in [-0.2, 0) is 4.79 Å². The molecule has 2 aromatic rings. The van der Waals surface area contributed by atoms with E-state index in [1.807, 2.05) is 19.1 Å². The number of hydrogen-bond donors (Lipinski definition) is 3. The molecule has 0 radical (unpaired) electrons. The monoisotopic (exact) mass is 343 g/mol. The van der Waals surface area contributed by atoms with Crippen molar-refractivity contribution >= 4 is 17.5 Å². The number of carbonyl (C=O) groups excluding carboxylic acids is 2. The zero-order valence-corrected chi connectivity index (χ0v) is 14.3. The number of amides is 2. The number of hydrogen-bond acceptors (Lipinski definition) is 3. The van der Waals surface area contributed by atoms with Crippen molar-refractivity contribution in [1.82, 2.24) is 10.6 Å². The van der Waals surface area contributed by atoms with Gasteiger partial charge in [0.25, 0.3) is 5.91 Å². The first-order valence-electron chi connectivity index (χ1n) is 8.10. The maximum absolute atomic E-state index is 12.9. The van der Waals surface area contributed by atoms with Crippen LogP contribution in [0.4, 0.5) is 10.1 Å². The average molecular weight is 343 g/mol. The standard InChI is InChI=1S/C19H22FN3O2/c1-13(22-18(24)11-12-21-2)14-5-9-17(10-6-14)23-19(25)15-3-7-16(20)8-4-15/h3-10,13,21H,11-12H2,1-2H3,(H,22,24)(H,23,25). The van der Waals surface area contributed by atoms with Crippen molar-refractivity contribution in [3.63, 3.8) is 0 Å². The Labute approximate surface area is 146 Å². The number of carbonyl (C=O) groups is 2. The van der Waals surface area contributed by atoms with E-state index >= 15 is 0 Å². The molecule has 1 atom stereocenters. The molecule has 1 unspecified atom stereocenters. The van der Waals surface area contributed by atoms with Crippen LogP contribution in [0.2, 0.25) is 0 Å². The lowest BCUT2D eigenvalue weighted by Gasteiger charge is -2.15. The Balaban J connectivity index is 1.93. The molecule has 2 rings (SSSR count). The van der Waals surface area contributed by atoms with Gasteiger partial charge in [-0.2, -0.15) is 0 Å². The summed E-state index contributed by atoms with van der Waals surface area (Å²) < 4.78 is 12.9. The highest BCUT2D eigenvalue weighted by Gasteiger charge is 2.10. The van der Waals surface area contributed by atoms with Crippen LogP contribution < -0.4 is 16.0 Å². The normalized spacial score (nSPS) is 11.6. The molecule has 0 spiro atoms. The SMILES string of the molecule is CNCCC(=O)NC(C)c1ccc(NC(=O)c2ccc(F)cc2)cc1. The highest BCUT2D eigenvalue weighted by atomic mass is 19.1. The predicted molar refractivity (Wildman–Crippen MR) is 95.9 cm³/mol. The van der Waals surface area contributed by atoms with Crippen LogP contribution in [-0.4, -0.2) is 25.4 Å². The molecule has 0 saturated carbocycles. The van der Waals surface area contributed by atoms with Gasteiger partial charge < -0.3 is 16.0 Å². The number of rotatable bonds is 7. The van der Waals surface area contributed by atoms with Crippen molar-refractivity contribution in [3.05, 3.63) is 65.5 Å². The highest BCUT2D eigenvalue weighted by molar-refractivity contribution is 6.04. The van der Waals surface area contributed by atoms with Crippen molar-refractivity contribution in [2.24, 2.45) is 0 Å². The van der Waals surface area contributed by atoms with Crippen molar-refractivity contribution in [3.8, 4) is 0 Å². The van der Waals surface area contributed by atoms with E-state index in [0.29, 0.717) is 24.2 Å². The van der Waals surface area contributed by atoms with Crippen molar-refractivity contribution in [2.45, 2.75) is 19.4 Å². The van der Waals surface area contributed by atoms with E-state index in [0.717, 1.165) is 5.56 Å². The van der Waals surface area contributed by atoms with E-state index in [1.54, 1.807) is 19.2 Å². The molecule has 132 valence electrons. The fraction of sp³-hybridized carbons (Fsp3) is 0.263. The molecular weight excluding hydrogens is 321 g/mol. The molecule has 0 aliphatic carbocycles. The van der Waals surface area contributed by atoms with Crippen LogP contribution in [0.5, 0.6) is 0 Å². The lowest BCUT2D eigenvalue weighted by atomic mass is 10.1. The molecule has 3 N–H and O–H groups in total. The molecule has 0 fully saturated rings. The molecule has 0 aliphatic rings. The average Bonchev–Trinajstić information content (AvgIpc) is 2.61. The molecule has 6 heteroatoms. The van der Waals surface area contributed by atoms with Crippen LogP contribution in [0, 0.1) is 5.82 Å². The minimum Gasteiger partial charge on any atom is -0.350 e. The van der Waals surface area contributed by atoms with Crippen LogP contribution >= 0.6 is 0 Å². The quantitative estimate of drug-likeness (QED) is 0.724. The summed E-state index contributed by atoms with van der Waals surface area (Å²) in [5.41, 5.74) is 1.96. The number of benzene rings is 2. The van der Waals surface area contributed by atoms with Crippen LogP contribution in [0.3, 0.4) is 0 Å². The molecule has 0 saturated heterocycles. The first-order chi connectivity index (χ1) is 12.0. The van der Waals surface area contributed by atoms with Gasteiger partial charge in [-0.15, -0.1) is 0 Å². The van der Waals surface area contributed by atoms with Crippen molar-refractivity contribution in [1.29, 1.82) is 0 Å². The summed E-state index contributed by atoms with van der Waals surface area (Å²) in [5.74, 6) is -0.705. The fourth-order valence-electron chi connectivity index (χ4n) is 2.30. The minimum atomic E-state index is -0.383. The second kappa shape index (κ2) is 8.94. The van der Waals surface area contributed by atoms with E-state index in [1.165, 1.54) is 24.3 Å². The van der Waals surface area contributed by atoms with E-state index in [2.05, 4.69) is 16.0 Å². The smallest absolute Gasteiger partial charge is 0.255 e. The Morgan fingerprint density at radius 1 is 1.04 bits per heavy atom. The van der Waals surface area contributed by atoms with Crippen LogP contribution in [0.15, 0.2) is 48.5 Å². The third-order valence-electron chi connectivity index (χ3n) is 3.75. The summed E-state index contributed by atoms with van der Waals surface area (Å²) >= 11 is 0. The Morgan fingerprint density at radius 3 is 2.28 bits per heavy atom. The number of halogens is 1. The molecule has 0 bridgehead atoms. The Hall–Kier alpha value is -2.73. The summed E-state index contributed by atoms with van der Waals surface area (Å²) in [6.07, 6.45) is 0.423. The minimum absolute atomic E-state index is 0.0180. The maximum Gasteiger partial charge on any atom is 0.255 e. The molecule has 0 aliphatic heterocycles. The van der Waals surface area contributed by atoms with Crippen LogP contribution in [0.1, 0.15) is 35.3 Å². The Morgan fingerprint density at radius 2 is 1.68 bits per heavy atom. The van der Waals surface area contributed by atoms with E-state index in [-0.39, 0.29) is 23.7 Å². The maximum atomic E-state index is 12.9. The highest BCUT2D eigenvalue weighted by Crippen LogP contribution is 2.17. The Kier molecular flexibility index (Phi) is 6.65. The second-order valence-corrected chi connectivity index (χ2v) is 5.73. The summed E-state index contributed by atoms with van der Waals surface area (Å²) in [7, 11) is 1.80. The first kappa shape index (κ1) is 18.6. The van der Waals surface area contributed by atoms with Gasteiger partial charge in [0.2, 0.25) is 5.91 Å². The van der Waals surface area contributed by atoms with Crippen LogP contribution in [0.25, 0.3) is 0 Å². The van der Waals surface area contributed by atoms with Gasteiger partial charge in [-0.25, -0.2) is 4.39 Å². The lowest BCUT2D eigenvalue weighted by Crippen LogP contribution is -2.29. The van der Waals surface area contributed by atoms with E-state index in [9.17, 15) is 14.0 Å². The van der Waals surface area contributed by atoms with Gasteiger partial charge in [-0.05, 0) is 55.9 Å². The molecular formula is C19H22FN3O2. The molecule has 5 nitrogen and oxygen atoms in total. The van der Waals surface area contributed by atoms with Gasteiger partial charge in [0.1, 0.15) is 5.82 Å². The summed E-state index contributed by atoms with van der Waals surface area (Å²) in [6.45, 7) is 2.54. The lowest BCUT2D eigenvalue weighted by molar-refractivity contribution is -0.121. The summed E-state index contributed by atoms with van der Waals surface area (Å²) in [4.78, 5) is 23.8. The number of nitrogens with one attached hydrogen (secondary N) is 3. The van der Waals surface area contributed by atoms with Gasteiger partial charge in [0.15, 0.2) is 0 Å². The fourth-order valence-corrected chi connectivity index (χ4v) is 2.30. The molecule has 2 amide bonds. The van der Waals surface area contributed by atoms with E-state index < -0.39 is 0 Å². The third-order valence-corrected chi connectivity index (χ3v) is 3.75. The zero-order valence-electron chi connectivity index (χ0n) is 14.3.